The molecule has 2 aromatic carbocycles. The molecule has 162 valence electrons. The molecule has 0 heterocycles. The minimum absolute atomic E-state index is 0.0937. The molecule has 4 aliphatic rings. The topological polar surface area (TPSA) is 72.8 Å². The molecule has 1 N–H and O–H groups in total. The van der Waals surface area contributed by atoms with E-state index in [2.05, 4.69) is 0 Å². The molecule has 0 amide bonds. The third-order valence-electron chi connectivity index (χ3n) is 7.72. The summed E-state index contributed by atoms with van der Waals surface area (Å²) in [5.74, 6) is 1.27. The second-order valence-electron chi connectivity index (χ2n) is 9.71. The first-order chi connectivity index (χ1) is 14.9. The summed E-state index contributed by atoms with van der Waals surface area (Å²) in [6.45, 7) is 1.88. The third-order valence-corrected chi connectivity index (χ3v) is 7.72. The largest absolute Gasteiger partial charge is 0.493 e. The van der Waals surface area contributed by atoms with Gasteiger partial charge in [0, 0.05) is 11.0 Å². The van der Waals surface area contributed by atoms with Crippen LogP contribution in [0.1, 0.15) is 70.4 Å². The fraction of sp³-hybridized carbons (Fsp3) is 0.462. The van der Waals surface area contributed by atoms with Gasteiger partial charge in [-0.1, -0.05) is 18.2 Å². The number of rotatable bonds is 5. The van der Waals surface area contributed by atoms with Gasteiger partial charge in [-0.05, 0) is 87.0 Å². The smallest absolute Gasteiger partial charge is 0.343 e. The summed E-state index contributed by atoms with van der Waals surface area (Å²) >= 11 is 0. The van der Waals surface area contributed by atoms with Crippen molar-refractivity contribution in [1.82, 2.24) is 0 Å². The van der Waals surface area contributed by atoms with E-state index >= 15 is 0 Å². The summed E-state index contributed by atoms with van der Waals surface area (Å²) < 4.78 is 11.6. The molecule has 6 rings (SSSR count). The predicted molar refractivity (Wildman–Crippen MR) is 116 cm³/mol. The monoisotopic (exact) mass is 420 g/mol. The highest BCUT2D eigenvalue weighted by molar-refractivity contribution is 5.94. The minimum atomic E-state index is -1.01. The molecule has 0 atom stereocenters. The van der Waals surface area contributed by atoms with Gasteiger partial charge in [0.05, 0.1) is 18.2 Å². The number of ether oxygens (including phenoxy) is 2. The fourth-order valence-corrected chi connectivity index (χ4v) is 7.02. The zero-order chi connectivity index (χ0) is 21.8. The molecule has 5 heteroatoms. The van der Waals surface area contributed by atoms with Crippen LogP contribution in [-0.2, 0) is 5.41 Å². The van der Waals surface area contributed by atoms with E-state index < -0.39 is 11.9 Å². The van der Waals surface area contributed by atoms with Crippen LogP contribution in [0.4, 0.5) is 0 Å². The van der Waals surface area contributed by atoms with E-state index in [1.54, 1.807) is 31.4 Å². The third kappa shape index (κ3) is 3.31. The maximum absolute atomic E-state index is 12.8. The van der Waals surface area contributed by atoms with Gasteiger partial charge in [-0.2, -0.15) is 0 Å². The average molecular weight is 421 g/mol. The Morgan fingerprint density at radius 2 is 1.58 bits per heavy atom. The first-order valence-electron chi connectivity index (χ1n) is 11.1. The van der Waals surface area contributed by atoms with Crippen molar-refractivity contribution in [2.45, 2.75) is 50.9 Å². The lowest BCUT2D eigenvalue weighted by Crippen LogP contribution is -2.49. The summed E-state index contributed by atoms with van der Waals surface area (Å²) in [5.41, 5.74) is 2.19. The highest BCUT2D eigenvalue weighted by Crippen LogP contribution is 2.63. The van der Waals surface area contributed by atoms with E-state index in [1.165, 1.54) is 25.3 Å². The lowest BCUT2D eigenvalue weighted by molar-refractivity contribution is -0.00665. The van der Waals surface area contributed by atoms with Crippen LogP contribution in [0, 0.1) is 24.7 Å². The van der Waals surface area contributed by atoms with Crippen LogP contribution >= 0.6 is 0 Å². The molecule has 0 aliphatic heterocycles. The SMILES string of the molecule is COc1c(OC(=O)c2ccccc2)cc(C(=O)O)c(C)c1C12CC3CC(CC(C3)C1)C2. The van der Waals surface area contributed by atoms with Gasteiger partial charge >= 0.3 is 11.9 Å². The summed E-state index contributed by atoms with van der Waals surface area (Å²) in [6, 6.07) is 10.2. The number of methoxy groups -OCH3 is 1. The Labute approximate surface area is 182 Å². The summed E-state index contributed by atoms with van der Waals surface area (Å²) in [6.07, 6.45) is 7.04. The Kier molecular flexibility index (Phi) is 4.80. The maximum Gasteiger partial charge on any atom is 0.343 e. The Balaban J connectivity index is 1.64. The van der Waals surface area contributed by atoms with E-state index in [-0.39, 0.29) is 16.7 Å². The molecule has 0 unspecified atom stereocenters. The number of carbonyl (C=O) groups is 2. The van der Waals surface area contributed by atoms with Gasteiger partial charge in [-0.25, -0.2) is 9.59 Å². The molecular formula is C26H28O5. The molecule has 31 heavy (non-hydrogen) atoms. The van der Waals surface area contributed by atoms with E-state index in [0.717, 1.165) is 30.4 Å². The van der Waals surface area contributed by atoms with Gasteiger partial charge in [0.1, 0.15) is 0 Å². The highest BCUT2D eigenvalue weighted by atomic mass is 16.6. The number of carbonyl (C=O) groups excluding carboxylic acids is 1. The van der Waals surface area contributed by atoms with Crippen LogP contribution in [0.15, 0.2) is 36.4 Å². The average Bonchev–Trinajstić information content (AvgIpc) is 2.73. The predicted octanol–water partition coefficient (Wildman–Crippen LogP) is 5.39. The zero-order valence-electron chi connectivity index (χ0n) is 18.0. The number of hydrogen-bond acceptors (Lipinski definition) is 4. The van der Waals surface area contributed by atoms with E-state index in [4.69, 9.17) is 9.47 Å². The minimum Gasteiger partial charge on any atom is -0.493 e. The Morgan fingerprint density at radius 1 is 1.00 bits per heavy atom. The molecule has 4 bridgehead atoms. The van der Waals surface area contributed by atoms with E-state index in [0.29, 0.717) is 29.1 Å². The molecule has 4 fully saturated rings. The van der Waals surface area contributed by atoms with Crippen LogP contribution in [0.25, 0.3) is 0 Å². The Bertz CT molecular complexity index is 1000. The van der Waals surface area contributed by atoms with Crippen LogP contribution < -0.4 is 9.47 Å². The van der Waals surface area contributed by atoms with Crippen LogP contribution in [0.5, 0.6) is 11.5 Å². The fourth-order valence-electron chi connectivity index (χ4n) is 7.02. The lowest BCUT2D eigenvalue weighted by Gasteiger charge is -2.57. The van der Waals surface area contributed by atoms with E-state index in [9.17, 15) is 14.7 Å². The molecule has 5 nitrogen and oxygen atoms in total. The summed E-state index contributed by atoms with van der Waals surface area (Å²) in [4.78, 5) is 24.9. The quantitative estimate of drug-likeness (QED) is 0.519. The highest BCUT2D eigenvalue weighted by Gasteiger charge is 2.53. The number of aromatic carboxylic acids is 1. The Hall–Kier alpha value is -2.82. The molecular weight excluding hydrogens is 392 g/mol. The van der Waals surface area contributed by atoms with E-state index in [1.807, 2.05) is 13.0 Å². The van der Waals surface area contributed by atoms with Crippen molar-refractivity contribution in [3.63, 3.8) is 0 Å². The standard InChI is InChI=1S/C26H28O5/c1-15-20(24(27)28)11-21(31-25(29)19-6-4-3-5-7-19)23(30-2)22(15)26-12-16-8-17(13-26)10-18(9-16)14-26/h3-7,11,16-18H,8-10,12-14H2,1-2H3,(H,27,28). The molecule has 0 radical (unpaired) electrons. The molecule has 4 aliphatic carbocycles. The van der Waals surface area contributed by atoms with Crippen LogP contribution in [-0.4, -0.2) is 24.2 Å². The molecule has 0 saturated heterocycles. The molecule has 4 saturated carbocycles. The van der Waals surface area contributed by atoms with Gasteiger partial charge in [0.15, 0.2) is 11.5 Å². The van der Waals surface area contributed by atoms with Gasteiger partial charge in [0.2, 0.25) is 0 Å². The summed E-state index contributed by atoms with van der Waals surface area (Å²) in [7, 11) is 1.58. The Morgan fingerprint density at radius 3 is 2.10 bits per heavy atom. The van der Waals surface area contributed by atoms with Gasteiger partial charge in [0.25, 0.3) is 0 Å². The van der Waals surface area contributed by atoms with Gasteiger partial charge in [-0.15, -0.1) is 0 Å². The number of esters is 1. The second-order valence-corrected chi connectivity index (χ2v) is 9.71. The van der Waals surface area contributed by atoms with Crippen molar-refractivity contribution in [3.8, 4) is 11.5 Å². The van der Waals surface area contributed by atoms with Crippen molar-refractivity contribution in [2.24, 2.45) is 17.8 Å². The summed E-state index contributed by atoms with van der Waals surface area (Å²) in [5, 5.41) is 9.93. The second kappa shape index (κ2) is 7.40. The van der Waals surface area contributed by atoms with Crippen LogP contribution in [0.3, 0.4) is 0 Å². The van der Waals surface area contributed by atoms with Crippen molar-refractivity contribution in [3.05, 3.63) is 58.7 Å². The molecule has 0 spiro atoms. The molecule has 0 aromatic heterocycles. The first kappa shape index (κ1) is 20.1. The zero-order valence-corrected chi connectivity index (χ0v) is 18.0. The maximum atomic E-state index is 12.8. The molecule has 2 aromatic rings. The van der Waals surface area contributed by atoms with Crippen molar-refractivity contribution in [2.75, 3.05) is 7.11 Å². The normalized spacial score (nSPS) is 28.4. The van der Waals surface area contributed by atoms with Gasteiger partial charge in [-0.3, -0.25) is 0 Å². The lowest BCUT2D eigenvalue weighted by atomic mass is 9.47. The first-order valence-corrected chi connectivity index (χ1v) is 11.1. The van der Waals surface area contributed by atoms with Crippen LogP contribution in [0.2, 0.25) is 0 Å². The number of hydrogen-bond donors (Lipinski definition) is 1. The number of carboxylic acids is 1. The number of carboxylic acid groups (broad SMARTS) is 1. The van der Waals surface area contributed by atoms with Crippen molar-refractivity contribution < 1.29 is 24.2 Å². The number of benzene rings is 2. The van der Waals surface area contributed by atoms with Gasteiger partial charge < -0.3 is 14.6 Å². The van der Waals surface area contributed by atoms with Crippen molar-refractivity contribution >= 4 is 11.9 Å². The van der Waals surface area contributed by atoms with Crippen molar-refractivity contribution in [1.29, 1.82) is 0 Å².